The monoisotopic (exact) mass is 308 g/mol. The van der Waals surface area contributed by atoms with Crippen LogP contribution in [0.5, 0.6) is 0 Å². The number of hydrogen-bond donors (Lipinski definition) is 4. The SMILES string of the molecule is O[Si](O)(O)O.[AlH3].[BaH2].[CaH2]. The normalized spacial score (nSPS) is 7.50. The predicted octanol–water partition coefficient (Wildman–Crippen LogP) is -5.63. The standard InChI is InChI=1S/Al.Ba.Ca.H4O4Si.7H/c;;;1-5(2,3)4;;;;;;;/h;;;1-4H;;;;;;;. The van der Waals surface area contributed by atoms with Gasteiger partial charge in [0.25, 0.3) is 0 Å². The molecule has 0 saturated heterocycles. The number of hydrogen-bond acceptors (Lipinski definition) is 4. The van der Waals surface area contributed by atoms with E-state index in [9.17, 15) is 0 Å². The molecule has 4 nitrogen and oxygen atoms in total. The van der Waals surface area contributed by atoms with Gasteiger partial charge in [0.1, 0.15) is 0 Å². The Balaban J connectivity index is -0.0000000267. The fraction of sp³-hybridized carbons (Fsp3) is 0. The zero-order chi connectivity index (χ0) is 4.50. The van der Waals surface area contributed by atoms with Crippen molar-refractivity contribution in [3.8, 4) is 0 Å². The molecule has 0 atom stereocenters. The van der Waals surface area contributed by atoms with Gasteiger partial charge in [-0.25, -0.2) is 0 Å². The summed E-state index contributed by atoms with van der Waals surface area (Å²) in [5, 5.41) is 0. The Bertz CT molecular complexity index is 31.5. The van der Waals surface area contributed by atoms with E-state index in [1.54, 1.807) is 0 Å². The van der Waals surface area contributed by atoms with Crippen LogP contribution in [0, 0.1) is 0 Å². The van der Waals surface area contributed by atoms with Gasteiger partial charge in [-0.05, 0) is 0 Å². The topological polar surface area (TPSA) is 80.9 Å². The van der Waals surface area contributed by atoms with E-state index in [1.165, 1.54) is 0 Å². The molecule has 0 aliphatic heterocycles. The van der Waals surface area contributed by atoms with Crippen LogP contribution < -0.4 is 0 Å². The van der Waals surface area contributed by atoms with Crippen LogP contribution in [0.1, 0.15) is 0 Å². The average molecular weight is 308 g/mol. The van der Waals surface area contributed by atoms with Crippen molar-refractivity contribution in [1.29, 1.82) is 0 Å². The molecule has 46 valence electrons. The van der Waals surface area contributed by atoms with E-state index >= 15 is 0 Å². The van der Waals surface area contributed by atoms with Crippen LogP contribution in [0.25, 0.3) is 0 Å². The van der Waals surface area contributed by atoms with Gasteiger partial charge in [0.05, 0.1) is 0 Å². The molecule has 0 unspecified atom stereocenters. The molecule has 8 heteroatoms. The maximum absolute atomic E-state index is 7.33. The summed E-state index contributed by atoms with van der Waals surface area (Å²) in [4.78, 5) is 29.3. The molecule has 4 N–H and O–H groups in total. The van der Waals surface area contributed by atoms with Gasteiger partial charge in [0.2, 0.25) is 0 Å². The summed E-state index contributed by atoms with van der Waals surface area (Å²) in [6.45, 7) is 0. The Morgan fingerprint density at radius 1 is 0.875 bits per heavy atom. The molecule has 0 spiro atoms. The van der Waals surface area contributed by atoms with Gasteiger partial charge in [-0.1, -0.05) is 0 Å². The molecular formula is H11AlBaCaO4Si. The first kappa shape index (κ1) is 22.5. The van der Waals surface area contributed by atoms with Gasteiger partial charge in [0.15, 0.2) is 17.4 Å². The van der Waals surface area contributed by atoms with Crippen molar-refractivity contribution in [3.63, 3.8) is 0 Å². The van der Waals surface area contributed by atoms with Crippen molar-refractivity contribution in [2.75, 3.05) is 0 Å². The third-order valence-electron chi connectivity index (χ3n) is 0. The molecule has 0 bridgehead atoms. The Morgan fingerprint density at radius 3 is 0.875 bits per heavy atom. The van der Waals surface area contributed by atoms with Crippen molar-refractivity contribution >= 4 is 113 Å². The van der Waals surface area contributed by atoms with Gasteiger partial charge in [-0.15, -0.1) is 0 Å². The average Bonchev–Trinajstić information content (AvgIpc) is 0.722. The first-order valence-corrected chi connectivity index (χ1v) is 2.68. The fourth-order valence-corrected chi connectivity index (χ4v) is 0. The van der Waals surface area contributed by atoms with Crippen LogP contribution in [-0.4, -0.2) is 132 Å². The molecule has 0 heterocycles. The molecule has 8 heavy (non-hydrogen) atoms. The van der Waals surface area contributed by atoms with Crippen molar-refractivity contribution < 1.29 is 19.2 Å². The summed E-state index contributed by atoms with van der Waals surface area (Å²) in [5.74, 6) is 0. The minimum absolute atomic E-state index is 0. The van der Waals surface area contributed by atoms with Crippen LogP contribution in [0.3, 0.4) is 0 Å². The van der Waals surface area contributed by atoms with Crippen LogP contribution >= 0.6 is 0 Å². The second kappa shape index (κ2) is 10.4. The van der Waals surface area contributed by atoms with Gasteiger partial charge in [-0.2, -0.15) is 0 Å². The Kier molecular flexibility index (Phi) is 29.3. The van der Waals surface area contributed by atoms with E-state index in [-0.39, 0.29) is 104 Å². The first-order chi connectivity index (χ1) is 2.00. The maximum atomic E-state index is 7.33. The van der Waals surface area contributed by atoms with Crippen LogP contribution in [0.4, 0.5) is 0 Å². The molecule has 0 saturated carbocycles. The van der Waals surface area contributed by atoms with Crippen molar-refractivity contribution in [2.24, 2.45) is 0 Å². The zero-order valence-corrected chi connectivity index (χ0v) is 3.29. The summed E-state index contributed by atoms with van der Waals surface area (Å²) >= 11 is 0. The minimum atomic E-state index is -4.61. The van der Waals surface area contributed by atoms with E-state index in [0.717, 1.165) is 0 Å². The Morgan fingerprint density at radius 2 is 0.875 bits per heavy atom. The summed E-state index contributed by atoms with van der Waals surface area (Å²) in [5.41, 5.74) is 0. The van der Waals surface area contributed by atoms with E-state index in [4.69, 9.17) is 19.2 Å². The molecule has 0 radical (unpaired) electrons. The molecule has 0 amide bonds. The molecule has 0 fully saturated rings. The molecule has 0 aliphatic rings. The van der Waals surface area contributed by atoms with E-state index < -0.39 is 9.05 Å². The van der Waals surface area contributed by atoms with E-state index in [2.05, 4.69) is 0 Å². The van der Waals surface area contributed by atoms with Crippen LogP contribution in [0.2, 0.25) is 0 Å². The number of rotatable bonds is 0. The Hall–Kier alpha value is 3.42. The van der Waals surface area contributed by atoms with Crippen LogP contribution in [-0.2, 0) is 0 Å². The van der Waals surface area contributed by atoms with Crippen molar-refractivity contribution in [2.45, 2.75) is 0 Å². The second-order valence-corrected chi connectivity index (χ2v) is 1.80. The molecule has 0 aromatic carbocycles. The van der Waals surface area contributed by atoms with Crippen molar-refractivity contribution in [3.05, 3.63) is 0 Å². The zero-order valence-electron chi connectivity index (χ0n) is 2.29. The molecule has 0 aromatic rings. The van der Waals surface area contributed by atoms with Crippen LogP contribution in [0.15, 0.2) is 0 Å². The third-order valence-corrected chi connectivity index (χ3v) is 0. The molecular weight excluding hydrogens is 296 g/mol. The quantitative estimate of drug-likeness (QED) is 0.337. The first-order valence-electron chi connectivity index (χ1n) is 0.894. The molecule has 0 rings (SSSR count). The summed E-state index contributed by atoms with van der Waals surface area (Å²) in [6, 6.07) is 0. The van der Waals surface area contributed by atoms with Gasteiger partial charge in [-0.3, -0.25) is 0 Å². The van der Waals surface area contributed by atoms with E-state index in [1.807, 2.05) is 0 Å². The van der Waals surface area contributed by atoms with Gasteiger partial charge in [0, 0.05) is 0 Å². The molecule has 0 aliphatic carbocycles. The fourth-order valence-electron chi connectivity index (χ4n) is 0. The predicted molar refractivity (Wildman–Crippen MR) is 41.7 cm³/mol. The third kappa shape index (κ3) is 57.1. The van der Waals surface area contributed by atoms with Gasteiger partial charge >= 0.3 is 95.7 Å². The van der Waals surface area contributed by atoms with Gasteiger partial charge < -0.3 is 19.2 Å². The second-order valence-electron chi connectivity index (χ2n) is 0.600. The summed E-state index contributed by atoms with van der Waals surface area (Å²) in [6.07, 6.45) is 0. The summed E-state index contributed by atoms with van der Waals surface area (Å²) in [7, 11) is -4.61. The Labute approximate surface area is 129 Å². The summed E-state index contributed by atoms with van der Waals surface area (Å²) < 4.78 is 0. The van der Waals surface area contributed by atoms with Crippen molar-refractivity contribution in [1.82, 2.24) is 0 Å². The molecule has 0 aromatic heterocycles. The van der Waals surface area contributed by atoms with E-state index in [0.29, 0.717) is 0 Å².